The number of anilines is 1. The van der Waals surface area contributed by atoms with Gasteiger partial charge in [0.25, 0.3) is 11.6 Å². The van der Waals surface area contributed by atoms with E-state index in [-0.39, 0.29) is 5.91 Å². The lowest BCUT2D eigenvalue weighted by molar-refractivity contribution is 0.102. The molecule has 0 unspecified atom stereocenters. The first-order valence-corrected chi connectivity index (χ1v) is 9.84. The summed E-state index contributed by atoms with van der Waals surface area (Å²) in [4.78, 5) is 17.7. The molecule has 31 heavy (non-hydrogen) atoms. The van der Waals surface area contributed by atoms with Crippen LogP contribution in [0.3, 0.4) is 0 Å². The van der Waals surface area contributed by atoms with Gasteiger partial charge in [0.1, 0.15) is 23.9 Å². The van der Waals surface area contributed by atoms with Crippen LogP contribution < -0.4 is 10.1 Å². The Hall–Kier alpha value is -3.65. The fourth-order valence-electron chi connectivity index (χ4n) is 3.37. The minimum atomic E-state index is -0.286. The molecule has 0 saturated heterocycles. The van der Waals surface area contributed by atoms with E-state index in [1.165, 1.54) is 0 Å². The van der Waals surface area contributed by atoms with Gasteiger partial charge in [0.05, 0.1) is 28.9 Å². The summed E-state index contributed by atoms with van der Waals surface area (Å²) in [6, 6.07) is 10.8. The molecule has 0 aliphatic carbocycles. The first-order valence-electron chi connectivity index (χ1n) is 9.84. The molecule has 8 heteroatoms. The third-order valence-corrected chi connectivity index (χ3v) is 4.85. The summed E-state index contributed by atoms with van der Waals surface area (Å²) in [6.45, 7) is 6.47. The van der Waals surface area contributed by atoms with Crippen LogP contribution in [0.5, 0.6) is 5.75 Å². The average molecular weight is 421 g/mol. The summed E-state index contributed by atoms with van der Waals surface area (Å²) in [5.41, 5.74) is 3.36. The highest BCUT2D eigenvalue weighted by molar-refractivity contribution is 6.13. The lowest BCUT2D eigenvalue weighted by atomic mass is 10.1. The molecule has 0 spiro atoms. The third-order valence-electron chi connectivity index (χ3n) is 4.85. The van der Waals surface area contributed by atoms with Crippen LogP contribution in [0.2, 0.25) is 0 Å². The van der Waals surface area contributed by atoms with Crippen LogP contribution in [0.4, 0.5) is 5.69 Å². The van der Waals surface area contributed by atoms with E-state index in [1.54, 1.807) is 44.4 Å². The van der Waals surface area contributed by atoms with Crippen LogP contribution in [0.1, 0.15) is 27.6 Å². The molecule has 0 saturated carbocycles. The number of aryl methyl sites for hydroxylation is 3. The van der Waals surface area contributed by atoms with E-state index in [1.807, 2.05) is 19.9 Å². The summed E-state index contributed by atoms with van der Waals surface area (Å²) >= 11 is 0. The molecule has 0 aliphatic heterocycles. The molecular formula is C23H23N3O5. The summed E-state index contributed by atoms with van der Waals surface area (Å²) in [6.07, 6.45) is 0. The number of amides is 1. The molecule has 0 radical (unpaired) electrons. The van der Waals surface area contributed by atoms with Crippen LogP contribution in [0.15, 0.2) is 45.3 Å². The molecule has 0 aliphatic rings. The summed E-state index contributed by atoms with van der Waals surface area (Å²) < 4.78 is 21.5. The zero-order chi connectivity index (χ0) is 22.0. The Morgan fingerprint density at radius 2 is 1.87 bits per heavy atom. The fourth-order valence-corrected chi connectivity index (χ4v) is 3.37. The van der Waals surface area contributed by atoms with Gasteiger partial charge in [0, 0.05) is 18.4 Å². The van der Waals surface area contributed by atoms with Crippen molar-refractivity contribution < 1.29 is 23.2 Å². The molecule has 8 nitrogen and oxygen atoms in total. The monoisotopic (exact) mass is 421 g/mol. The van der Waals surface area contributed by atoms with Crippen LogP contribution in [-0.4, -0.2) is 36.4 Å². The van der Waals surface area contributed by atoms with E-state index in [2.05, 4.69) is 15.5 Å². The first-order chi connectivity index (χ1) is 15.0. The molecule has 1 aromatic carbocycles. The number of nitrogens with one attached hydrogen (secondary N) is 1. The number of methoxy groups -OCH3 is 1. The van der Waals surface area contributed by atoms with Crippen LogP contribution in [0.25, 0.3) is 22.4 Å². The number of rotatable bonds is 7. The van der Waals surface area contributed by atoms with E-state index < -0.39 is 0 Å². The van der Waals surface area contributed by atoms with Gasteiger partial charge in [-0.15, -0.1) is 0 Å². The number of carbonyl (C=O) groups is 1. The van der Waals surface area contributed by atoms with Gasteiger partial charge >= 0.3 is 0 Å². The highest BCUT2D eigenvalue weighted by atomic mass is 16.5. The standard InChI is InChI=1S/C23H23N3O5/c1-13-11-18(15(3)30-13)20-12-19(21-14(2)26-31-23(21)25-20)22(27)24-16-5-7-17(8-6-16)29-10-9-28-4/h5-8,11-12H,9-10H2,1-4H3,(H,24,27). The highest BCUT2D eigenvalue weighted by Crippen LogP contribution is 2.31. The maximum Gasteiger partial charge on any atom is 0.259 e. The summed E-state index contributed by atoms with van der Waals surface area (Å²) in [7, 11) is 1.62. The topological polar surface area (TPSA) is 99.6 Å². The predicted molar refractivity (Wildman–Crippen MR) is 115 cm³/mol. The molecule has 1 N–H and O–H groups in total. The first kappa shape index (κ1) is 20.6. The SMILES string of the molecule is COCCOc1ccc(NC(=O)c2cc(-c3cc(C)oc3C)nc3onc(C)c23)cc1. The maximum atomic E-state index is 13.2. The minimum Gasteiger partial charge on any atom is -0.491 e. The van der Waals surface area contributed by atoms with E-state index in [0.717, 1.165) is 17.1 Å². The third kappa shape index (κ3) is 4.29. The van der Waals surface area contributed by atoms with Gasteiger partial charge in [-0.3, -0.25) is 4.79 Å². The Morgan fingerprint density at radius 1 is 1.10 bits per heavy atom. The van der Waals surface area contributed by atoms with E-state index in [9.17, 15) is 4.79 Å². The van der Waals surface area contributed by atoms with Crippen molar-refractivity contribution >= 4 is 22.7 Å². The Labute approximate surface area is 179 Å². The van der Waals surface area contributed by atoms with Gasteiger partial charge in [-0.1, -0.05) is 5.16 Å². The normalized spacial score (nSPS) is 11.1. The lowest BCUT2D eigenvalue weighted by Crippen LogP contribution is -2.13. The molecule has 3 heterocycles. The number of hydrogen-bond donors (Lipinski definition) is 1. The molecule has 4 rings (SSSR count). The van der Waals surface area contributed by atoms with Gasteiger partial charge in [0.15, 0.2) is 0 Å². The zero-order valence-electron chi connectivity index (χ0n) is 17.8. The van der Waals surface area contributed by atoms with E-state index in [0.29, 0.717) is 52.7 Å². The van der Waals surface area contributed by atoms with Crippen molar-refractivity contribution in [2.75, 3.05) is 25.6 Å². The molecular weight excluding hydrogens is 398 g/mol. The van der Waals surface area contributed by atoms with Gasteiger partial charge in [-0.2, -0.15) is 0 Å². The predicted octanol–water partition coefficient (Wildman–Crippen LogP) is 4.69. The van der Waals surface area contributed by atoms with Gasteiger partial charge in [-0.25, -0.2) is 4.98 Å². The van der Waals surface area contributed by atoms with Crippen molar-refractivity contribution in [2.45, 2.75) is 20.8 Å². The molecule has 160 valence electrons. The second kappa shape index (κ2) is 8.61. The van der Waals surface area contributed by atoms with E-state index >= 15 is 0 Å². The Morgan fingerprint density at radius 3 is 2.55 bits per heavy atom. The second-order valence-electron chi connectivity index (χ2n) is 7.15. The quantitative estimate of drug-likeness (QED) is 0.432. The zero-order valence-corrected chi connectivity index (χ0v) is 17.8. The van der Waals surface area contributed by atoms with Crippen molar-refractivity contribution in [3.63, 3.8) is 0 Å². The number of benzene rings is 1. The summed E-state index contributed by atoms with van der Waals surface area (Å²) in [5.74, 6) is 1.90. The second-order valence-corrected chi connectivity index (χ2v) is 7.15. The van der Waals surface area contributed by atoms with Crippen LogP contribution in [-0.2, 0) is 4.74 Å². The number of pyridine rings is 1. The number of carbonyl (C=O) groups excluding carboxylic acids is 1. The van der Waals surface area contributed by atoms with E-state index in [4.69, 9.17) is 18.4 Å². The van der Waals surface area contributed by atoms with Gasteiger partial charge < -0.3 is 23.7 Å². The van der Waals surface area contributed by atoms with Gasteiger partial charge in [0.2, 0.25) is 0 Å². The van der Waals surface area contributed by atoms with Gasteiger partial charge in [-0.05, 0) is 57.2 Å². The fraction of sp³-hybridized carbons (Fsp3) is 0.261. The lowest BCUT2D eigenvalue weighted by Gasteiger charge is -2.09. The summed E-state index contributed by atoms with van der Waals surface area (Å²) in [5, 5.41) is 7.49. The number of fused-ring (bicyclic) bond motifs is 1. The highest BCUT2D eigenvalue weighted by Gasteiger charge is 2.21. The molecule has 0 fully saturated rings. The average Bonchev–Trinajstić information content (AvgIpc) is 3.30. The maximum absolute atomic E-state index is 13.2. The largest absolute Gasteiger partial charge is 0.491 e. The van der Waals surface area contributed by atoms with Crippen molar-refractivity contribution in [3.8, 4) is 17.0 Å². The number of hydrogen-bond acceptors (Lipinski definition) is 7. The van der Waals surface area contributed by atoms with Crippen molar-refractivity contribution in [1.82, 2.24) is 10.1 Å². The Bertz CT molecular complexity index is 1220. The Kier molecular flexibility index (Phi) is 5.73. The van der Waals surface area contributed by atoms with Crippen LogP contribution in [0, 0.1) is 20.8 Å². The van der Waals surface area contributed by atoms with Crippen molar-refractivity contribution in [1.29, 1.82) is 0 Å². The molecule has 4 aromatic rings. The number of nitrogens with zero attached hydrogens (tertiary/aromatic N) is 2. The number of ether oxygens (including phenoxy) is 2. The Balaban J connectivity index is 1.64. The molecule has 3 aromatic heterocycles. The molecule has 0 atom stereocenters. The van der Waals surface area contributed by atoms with Crippen molar-refractivity contribution in [2.24, 2.45) is 0 Å². The minimum absolute atomic E-state index is 0.286. The smallest absolute Gasteiger partial charge is 0.259 e. The molecule has 0 bridgehead atoms. The van der Waals surface area contributed by atoms with Crippen LogP contribution >= 0.6 is 0 Å². The molecule has 1 amide bonds. The van der Waals surface area contributed by atoms with Crippen molar-refractivity contribution in [3.05, 3.63) is 59.2 Å². The number of aromatic nitrogens is 2. The number of furan rings is 1.